The molecule has 3 N–H and O–H groups in total. The molecule has 5 heteroatoms. The summed E-state index contributed by atoms with van der Waals surface area (Å²) in [5, 5.41) is 9.13. The van der Waals surface area contributed by atoms with Gasteiger partial charge in [0.25, 0.3) is 0 Å². The normalized spacial score (nSPS) is 14.8. The molecule has 5 nitrogen and oxygen atoms in total. The van der Waals surface area contributed by atoms with Crippen molar-refractivity contribution in [2.45, 2.75) is 39.2 Å². The Hall–Kier alpha value is -0.200. The number of ether oxygens (including phenoxy) is 2. The standard InChI is InChI=1S/C14H32N2O3/c1-4-18-11-9-16(10-12-19-5-2)8-6-7-14(3,15)13-17/h17H,4-13,15H2,1-3H3. The Labute approximate surface area is 118 Å². The molecule has 0 aromatic rings. The second-order valence-corrected chi connectivity index (χ2v) is 5.15. The van der Waals surface area contributed by atoms with E-state index in [-0.39, 0.29) is 6.61 Å². The molecule has 0 aliphatic heterocycles. The van der Waals surface area contributed by atoms with Gasteiger partial charge in [0.15, 0.2) is 0 Å². The second kappa shape index (κ2) is 11.6. The lowest BCUT2D eigenvalue weighted by molar-refractivity contribution is 0.0805. The van der Waals surface area contributed by atoms with Gasteiger partial charge in [-0.1, -0.05) is 0 Å². The highest BCUT2D eigenvalue weighted by Gasteiger charge is 2.16. The monoisotopic (exact) mass is 276 g/mol. The number of aliphatic hydroxyl groups excluding tert-OH is 1. The molecule has 0 saturated carbocycles. The molecule has 0 amide bonds. The SMILES string of the molecule is CCOCCN(CCCC(C)(N)CO)CCOCC. The maximum absolute atomic E-state index is 9.13. The van der Waals surface area contributed by atoms with E-state index in [9.17, 15) is 0 Å². The molecule has 0 bridgehead atoms. The summed E-state index contributed by atoms with van der Waals surface area (Å²) in [5.41, 5.74) is 5.46. The predicted octanol–water partition coefficient (Wildman–Crippen LogP) is 0.851. The van der Waals surface area contributed by atoms with Gasteiger partial charge in [0.1, 0.15) is 0 Å². The molecule has 0 aromatic heterocycles. The molecule has 0 radical (unpaired) electrons. The number of hydrogen-bond donors (Lipinski definition) is 2. The molecular formula is C14H32N2O3. The fraction of sp³-hybridized carbons (Fsp3) is 1.00. The van der Waals surface area contributed by atoms with Crippen LogP contribution in [0, 0.1) is 0 Å². The van der Waals surface area contributed by atoms with Crippen molar-refractivity contribution in [2.24, 2.45) is 5.73 Å². The van der Waals surface area contributed by atoms with E-state index >= 15 is 0 Å². The van der Waals surface area contributed by atoms with Crippen LogP contribution in [0.1, 0.15) is 33.6 Å². The Morgan fingerprint density at radius 2 is 1.58 bits per heavy atom. The third-order valence-electron chi connectivity index (χ3n) is 3.10. The zero-order valence-electron chi connectivity index (χ0n) is 12.9. The Morgan fingerprint density at radius 3 is 2.00 bits per heavy atom. The van der Waals surface area contributed by atoms with Crippen molar-refractivity contribution < 1.29 is 14.6 Å². The van der Waals surface area contributed by atoms with E-state index in [0.29, 0.717) is 0 Å². The molecule has 0 aromatic carbocycles. The van der Waals surface area contributed by atoms with Gasteiger partial charge in [-0.05, 0) is 40.2 Å². The van der Waals surface area contributed by atoms with Crippen LogP contribution in [0.5, 0.6) is 0 Å². The lowest BCUT2D eigenvalue weighted by Crippen LogP contribution is -2.41. The topological polar surface area (TPSA) is 68.0 Å². The zero-order chi connectivity index (χ0) is 14.6. The van der Waals surface area contributed by atoms with E-state index in [4.69, 9.17) is 20.3 Å². The first-order valence-corrected chi connectivity index (χ1v) is 7.33. The van der Waals surface area contributed by atoms with Crippen LogP contribution >= 0.6 is 0 Å². The van der Waals surface area contributed by atoms with Crippen molar-refractivity contribution in [1.82, 2.24) is 4.90 Å². The Morgan fingerprint density at radius 1 is 1.05 bits per heavy atom. The Bertz CT molecular complexity index is 191. The molecule has 0 saturated heterocycles. The predicted molar refractivity (Wildman–Crippen MR) is 78.3 cm³/mol. The third-order valence-corrected chi connectivity index (χ3v) is 3.10. The van der Waals surface area contributed by atoms with E-state index in [1.54, 1.807) is 0 Å². The van der Waals surface area contributed by atoms with Crippen LogP contribution in [0.2, 0.25) is 0 Å². The minimum atomic E-state index is -0.467. The number of hydrogen-bond acceptors (Lipinski definition) is 5. The minimum Gasteiger partial charge on any atom is -0.394 e. The molecule has 0 aliphatic rings. The van der Waals surface area contributed by atoms with Crippen molar-refractivity contribution >= 4 is 0 Å². The van der Waals surface area contributed by atoms with Crippen LogP contribution < -0.4 is 5.73 Å². The van der Waals surface area contributed by atoms with Gasteiger partial charge < -0.3 is 20.3 Å². The van der Waals surface area contributed by atoms with Crippen LogP contribution in [0.15, 0.2) is 0 Å². The van der Waals surface area contributed by atoms with Crippen molar-refractivity contribution in [3.8, 4) is 0 Å². The maximum atomic E-state index is 9.13. The molecule has 0 rings (SSSR count). The second-order valence-electron chi connectivity index (χ2n) is 5.15. The zero-order valence-corrected chi connectivity index (χ0v) is 12.9. The van der Waals surface area contributed by atoms with Crippen molar-refractivity contribution in [2.75, 3.05) is 52.7 Å². The van der Waals surface area contributed by atoms with E-state index in [0.717, 1.165) is 58.9 Å². The highest BCUT2D eigenvalue weighted by molar-refractivity contribution is 4.77. The van der Waals surface area contributed by atoms with Gasteiger partial charge in [-0.3, -0.25) is 4.90 Å². The maximum Gasteiger partial charge on any atom is 0.0608 e. The van der Waals surface area contributed by atoms with Gasteiger partial charge in [0.05, 0.1) is 19.8 Å². The summed E-state index contributed by atoms with van der Waals surface area (Å²) in [7, 11) is 0. The van der Waals surface area contributed by atoms with Crippen molar-refractivity contribution in [3.05, 3.63) is 0 Å². The Balaban J connectivity index is 3.88. The molecule has 1 unspecified atom stereocenters. The van der Waals surface area contributed by atoms with Crippen LogP contribution in [0.3, 0.4) is 0 Å². The van der Waals surface area contributed by atoms with E-state index in [1.165, 1.54) is 0 Å². The summed E-state index contributed by atoms with van der Waals surface area (Å²) in [6, 6.07) is 0. The van der Waals surface area contributed by atoms with Gasteiger partial charge >= 0.3 is 0 Å². The van der Waals surface area contributed by atoms with Crippen LogP contribution in [0.25, 0.3) is 0 Å². The highest BCUT2D eigenvalue weighted by Crippen LogP contribution is 2.08. The number of aliphatic hydroxyl groups is 1. The van der Waals surface area contributed by atoms with E-state index in [2.05, 4.69) is 4.90 Å². The van der Waals surface area contributed by atoms with Gasteiger partial charge in [-0.2, -0.15) is 0 Å². The third kappa shape index (κ3) is 11.3. The average molecular weight is 276 g/mol. The van der Waals surface area contributed by atoms with Gasteiger partial charge in [-0.25, -0.2) is 0 Å². The summed E-state index contributed by atoms with van der Waals surface area (Å²) in [6.45, 7) is 11.7. The fourth-order valence-corrected chi connectivity index (χ4v) is 1.80. The fourth-order valence-electron chi connectivity index (χ4n) is 1.80. The molecule has 0 heterocycles. The van der Waals surface area contributed by atoms with Gasteiger partial charge in [-0.15, -0.1) is 0 Å². The molecule has 116 valence electrons. The average Bonchev–Trinajstić information content (AvgIpc) is 2.38. The summed E-state index contributed by atoms with van der Waals surface area (Å²) in [5.74, 6) is 0. The molecule has 0 aliphatic carbocycles. The summed E-state index contributed by atoms with van der Waals surface area (Å²) < 4.78 is 10.8. The van der Waals surface area contributed by atoms with Crippen molar-refractivity contribution in [3.63, 3.8) is 0 Å². The molecule has 0 spiro atoms. The molecule has 19 heavy (non-hydrogen) atoms. The first kappa shape index (κ1) is 18.8. The first-order chi connectivity index (χ1) is 9.05. The smallest absolute Gasteiger partial charge is 0.0608 e. The number of nitrogens with zero attached hydrogens (tertiary/aromatic N) is 1. The largest absolute Gasteiger partial charge is 0.394 e. The Kier molecular flexibility index (Phi) is 11.5. The quantitative estimate of drug-likeness (QED) is 0.488. The lowest BCUT2D eigenvalue weighted by Gasteiger charge is -2.25. The van der Waals surface area contributed by atoms with Gasteiger partial charge in [0, 0.05) is 31.8 Å². The van der Waals surface area contributed by atoms with Crippen molar-refractivity contribution in [1.29, 1.82) is 0 Å². The van der Waals surface area contributed by atoms with E-state index < -0.39 is 5.54 Å². The molecule has 1 atom stereocenters. The number of rotatable bonds is 13. The van der Waals surface area contributed by atoms with E-state index in [1.807, 2.05) is 20.8 Å². The summed E-state index contributed by atoms with van der Waals surface area (Å²) in [4.78, 5) is 2.33. The van der Waals surface area contributed by atoms with Crippen LogP contribution in [-0.2, 0) is 9.47 Å². The summed E-state index contributed by atoms with van der Waals surface area (Å²) in [6.07, 6.45) is 1.80. The number of nitrogens with two attached hydrogens (primary N) is 1. The highest BCUT2D eigenvalue weighted by atomic mass is 16.5. The molecular weight excluding hydrogens is 244 g/mol. The van der Waals surface area contributed by atoms with Crippen LogP contribution in [-0.4, -0.2) is 68.2 Å². The minimum absolute atomic E-state index is 0.0326. The molecule has 0 fully saturated rings. The van der Waals surface area contributed by atoms with Crippen LogP contribution in [0.4, 0.5) is 0 Å². The lowest BCUT2D eigenvalue weighted by atomic mass is 9.98. The summed E-state index contributed by atoms with van der Waals surface area (Å²) >= 11 is 0. The first-order valence-electron chi connectivity index (χ1n) is 7.33. The van der Waals surface area contributed by atoms with Gasteiger partial charge in [0.2, 0.25) is 0 Å².